The summed E-state index contributed by atoms with van der Waals surface area (Å²) in [6, 6.07) is 5.17. The van der Waals surface area contributed by atoms with Gasteiger partial charge in [0.2, 0.25) is 0 Å². The fourth-order valence-corrected chi connectivity index (χ4v) is 2.27. The van der Waals surface area contributed by atoms with Crippen molar-refractivity contribution >= 4 is 20.0 Å². The van der Waals surface area contributed by atoms with Crippen molar-refractivity contribution in [3.63, 3.8) is 0 Å². The number of hydrogen-bond donors (Lipinski definition) is 0. The molecule has 0 aliphatic carbocycles. The minimum absolute atomic E-state index is 0. The Morgan fingerprint density at radius 2 is 1.50 bits per heavy atom. The van der Waals surface area contributed by atoms with Crippen LogP contribution in [0.15, 0.2) is 29.2 Å². The molecule has 0 fully saturated rings. The molecule has 0 saturated carbocycles. The Kier molecular flexibility index (Phi) is 5.64. The van der Waals surface area contributed by atoms with Crippen LogP contribution in [-0.2, 0) is 25.7 Å². The third-order valence-corrected chi connectivity index (χ3v) is 3.51. The van der Waals surface area contributed by atoms with Crippen molar-refractivity contribution in [1.29, 1.82) is 0 Å². The van der Waals surface area contributed by atoms with Crippen LogP contribution < -0.4 is 29.6 Å². The van der Waals surface area contributed by atoms with E-state index in [9.17, 15) is 21.4 Å². The molecule has 0 atom stereocenters. The van der Waals surface area contributed by atoms with Crippen LogP contribution in [0.25, 0.3) is 0 Å². The molecule has 84 valence electrons. The summed E-state index contributed by atoms with van der Waals surface area (Å²) in [4.78, 5) is 0.0922. The van der Waals surface area contributed by atoms with Crippen LogP contribution in [-0.4, -0.2) is 27.6 Å². The van der Waals surface area contributed by atoms with Crippen LogP contribution in [0.1, 0.15) is 5.56 Å². The first-order valence-electron chi connectivity index (χ1n) is 3.91. The van der Waals surface area contributed by atoms with E-state index in [4.69, 9.17) is 0 Å². The van der Waals surface area contributed by atoms with Gasteiger partial charge in [0.05, 0.1) is 20.8 Å². The van der Waals surface area contributed by atoms with Crippen molar-refractivity contribution in [2.45, 2.75) is 10.6 Å². The maximum atomic E-state index is 11.0. The van der Waals surface area contributed by atoms with Crippen LogP contribution >= 0.6 is 0 Å². The van der Waals surface area contributed by atoms with E-state index in [1.807, 2.05) is 0 Å². The molecular weight excluding hydrogens is 263 g/mol. The standard InChI is InChI=1S/C8H10O5S2.Na/c1-14(9,10)8-4-2-7(3-5-8)6-15(11,12)13;/h2-5H,6H2,1H3,(H,11,12,13);/q;+1/p-1. The van der Waals surface area contributed by atoms with E-state index in [1.165, 1.54) is 24.3 Å². The van der Waals surface area contributed by atoms with Crippen molar-refractivity contribution in [3.8, 4) is 0 Å². The van der Waals surface area contributed by atoms with E-state index in [0.717, 1.165) is 6.26 Å². The van der Waals surface area contributed by atoms with Gasteiger partial charge < -0.3 is 4.55 Å². The Morgan fingerprint density at radius 1 is 1.06 bits per heavy atom. The monoisotopic (exact) mass is 272 g/mol. The van der Waals surface area contributed by atoms with E-state index in [-0.39, 0.29) is 40.0 Å². The molecule has 1 aromatic rings. The second-order valence-corrected chi connectivity index (χ2v) is 6.54. The van der Waals surface area contributed by atoms with Crippen LogP contribution in [0.5, 0.6) is 0 Å². The molecular formula is C8H9NaO5S2. The van der Waals surface area contributed by atoms with Gasteiger partial charge in [0.15, 0.2) is 9.84 Å². The Hall–Kier alpha value is 0.0800. The van der Waals surface area contributed by atoms with Gasteiger partial charge in [-0.05, 0) is 17.7 Å². The van der Waals surface area contributed by atoms with Crippen molar-refractivity contribution in [2.75, 3.05) is 6.26 Å². The molecule has 5 nitrogen and oxygen atoms in total. The summed E-state index contributed by atoms with van der Waals surface area (Å²) in [5.41, 5.74) is 0.275. The second kappa shape index (κ2) is 5.61. The molecule has 0 N–H and O–H groups in total. The summed E-state index contributed by atoms with van der Waals surface area (Å²) in [6.45, 7) is 0. The molecule has 1 rings (SSSR count). The van der Waals surface area contributed by atoms with Gasteiger partial charge in [0.1, 0.15) is 0 Å². The zero-order valence-electron chi connectivity index (χ0n) is 8.87. The fourth-order valence-electron chi connectivity index (χ4n) is 1.04. The van der Waals surface area contributed by atoms with E-state index in [0.29, 0.717) is 0 Å². The topological polar surface area (TPSA) is 91.3 Å². The smallest absolute Gasteiger partial charge is 0.748 e. The minimum atomic E-state index is -4.32. The maximum Gasteiger partial charge on any atom is 1.00 e. The third-order valence-electron chi connectivity index (χ3n) is 1.69. The van der Waals surface area contributed by atoms with Gasteiger partial charge in [0.25, 0.3) is 0 Å². The van der Waals surface area contributed by atoms with Gasteiger partial charge in [0, 0.05) is 6.26 Å². The zero-order valence-corrected chi connectivity index (χ0v) is 12.5. The number of benzene rings is 1. The van der Waals surface area contributed by atoms with E-state index < -0.39 is 25.7 Å². The van der Waals surface area contributed by atoms with Crippen LogP contribution in [0.4, 0.5) is 0 Å². The molecule has 0 saturated heterocycles. The van der Waals surface area contributed by atoms with Gasteiger partial charge in [-0.15, -0.1) is 0 Å². The fraction of sp³-hybridized carbons (Fsp3) is 0.250. The third kappa shape index (κ3) is 5.42. The molecule has 0 aromatic heterocycles. The van der Waals surface area contributed by atoms with Crippen molar-refractivity contribution < 1.29 is 50.9 Å². The predicted molar refractivity (Wildman–Crippen MR) is 53.0 cm³/mol. The molecule has 0 amide bonds. The normalized spacial score (nSPS) is 11.9. The molecule has 0 aliphatic rings. The molecule has 0 spiro atoms. The van der Waals surface area contributed by atoms with Gasteiger partial charge >= 0.3 is 29.6 Å². The number of rotatable bonds is 3. The summed E-state index contributed by atoms with van der Waals surface area (Å²) in [7, 11) is -7.62. The Balaban J connectivity index is 0.00000225. The summed E-state index contributed by atoms with van der Waals surface area (Å²) >= 11 is 0. The van der Waals surface area contributed by atoms with E-state index in [2.05, 4.69) is 0 Å². The molecule has 1 aromatic carbocycles. The quantitative estimate of drug-likeness (QED) is 0.436. The van der Waals surface area contributed by atoms with Crippen molar-refractivity contribution in [3.05, 3.63) is 29.8 Å². The van der Waals surface area contributed by atoms with Crippen molar-refractivity contribution in [2.24, 2.45) is 0 Å². The van der Waals surface area contributed by atoms with Gasteiger partial charge in [-0.2, -0.15) is 0 Å². The van der Waals surface area contributed by atoms with E-state index in [1.54, 1.807) is 0 Å². The first kappa shape index (κ1) is 16.1. The molecule has 0 radical (unpaired) electrons. The number of hydrogen-bond acceptors (Lipinski definition) is 5. The first-order valence-corrected chi connectivity index (χ1v) is 7.38. The summed E-state index contributed by atoms with van der Waals surface area (Å²) in [5, 5.41) is 0. The molecule has 0 bridgehead atoms. The molecule has 0 unspecified atom stereocenters. The average Bonchev–Trinajstić information content (AvgIpc) is 2.00. The second-order valence-electron chi connectivity index (χ2n) is 3.12. The Bertz CT molecular complexity index is 545. The summed E-state index contributed by atoms with van der Waals surface area (Å²) in [6.07, 6.45) is 1.05. The molecule has 8 heteroatoms. The Labute approximate surface area is 117 Å². The molecule has 16 heavy (non-hydrogen) atoms. The SMILES string of the molecule is CS(=O)(=O)c1ccc(CS(=O)(=O)[O-])cc1.[Na+]. The summed E-state index contributed by atoms with van der Waals surface area (Å²) in [5.74, 6) is -0.628. The maximum absolute atomic E-state index is 11.0. The predicted octanol–water partition coefficient (Wildman–Crippen LogP) is -2.86. The van der Waals surface area contributed by atoms with E-state index >= 15 is 0 Å². The molecule has 0 heterocycles. The van der Waals surface area contributed by atoms with Gasteiger partial charge in [-0.3, -0.25) is 0 Å². The largest absolute Gasteiger partial charge is 1.00 e. The zero-order chi connectivity index (χ0) is 11.7. The van der Waals surface area contributed by atoms with Crippen LogP contribution in [0.3, 0.4) is 0 Å². The van der Waals surface area contributed by atoms with Crippen LogP contribution in [0, 0.1) is 0 Å². The minimum Gasteiger partial charge on any atom is -0.748 e. The van der Waals surface area contributed by atoms with Crippen molar-refractivity contribution in [1.82, 2.24) is 0 Å². The van der Waals surface area contributed by atoms with Gasteiger partial charge in [-0.1, -0.05) is 12.1 Å². The Morgan fingerprint density at radius 3 is 1.81 bits per heavy atom. The number of sulfone groups is 1. The van der Waals surface area contributed by atoms with Gasteiger partial charge in [-0.25, -0.2) is 16.8 Å². The average molecular weight is 272 g/mol. The summed E-state index contributed by atoms with van der Waals surface area (Å²) < 4.78 is 53.3. The first-order chi connectivity index (χ1) is 6.68. The van der Waals surface area contributed by atoms with Crippen LogP contribution in [0.2, 0.25) is 0 Å². The molecule has 0 aliphatic heterocycles.